The van der Waals surface area contributed by atoms with Crippen molar-refractivity contribution in [2.75, 3.05) is 20.9 Å². The molecule has 10 nitrogen and oxygen atoms in total. The summed E-state index contributed by atoms with van der Waals surface area (Å²) >= 11 is 0. The van der Waals surface area contributed by atoms with Crippen LogP contribution in [0.1, 0.15) is 30.9 Å². The third-order valence-electron chi connectivity index (χ3n) is 5.98. The Morgan fingerprint density at radius 2 is 1.40 bits per heavy atom. The molecule has 4 rings (SSSR count). The van der Waals surface area contributed by atoms with Gasteiger partial charge in [-0.25, -0.2) is 31.5 Å². The number of nitrogens with zero attached hydrogens (tertiary/aromatic N) is 3. The van der Waals surface area contributed by atoms with Gasteiger partial charge in [0.05, 0.1) is 15.5 Å². The highest BCUT2D eigenvalue weighted by molar-refractivity contribution is 7.93. The minimum Gasteiger partial charge on any atom is -0.325 e. The van der Waals surface area contributed by atoms with E-state index in [9.17, 15) is 21.6 Å². The number of benzene rings is 3. The molecule has 1 heterocycles. The van der Waals surface area contributed by atoms with Crippen LogP contribution < -0.4 is 14.3 Å². The molecule has 208 valence electrons. The molecule has 0 spiro atoms. The molecule has 0 unspecified atom stereocenters. The molecule has 0 saturated carbocycles. The average Bonchev–Trinajstić information content (AvgIpc) is 2.92. The second-order valence-corrected chi connectivity index (χ2v) is 12.9. The van der Waals surface area contributed by atoms with Gasteiger partial charge in [0.2, 0.25) is 11.9 Å². The summed E-state index contributed by atoms with van der Waals surface area (Å²) in [7, 11) is -8.03. The number of hydrogen-bond acceptors (Lipinski definition) is 7. The van der Waals surface area contributed by atoms with Crippen molar-refractivity contribution >= 4 is 43.3 Å². The van der Waals surface area contributed by atoms with Crippen LogP contribution in [0.5, 0.6) is 0 Å². The number of sulfonamides is 2. The van der Waals surface area contributed by atoms with Crippen molar-refractivity contribution in [3.8, 4) is 0 Å². The number of nitrogens with one attached hydrogen (secondary N) is 2. The molecule has 0 aliphatic rings. The molecule has 0 bridgehead atoms. The minimum absolute atomic E-state index is 0.0586. The van der Waals surface area contributed by atoms with Gasteiger partial charge in [-0.1, -0.05) is 43.7 Å². The van der Waals surface area contributed by atoms with E-state index in [0.717, 1.165) is 15.4 Å². The number of amides is 1. The van der Waals surface area contributed by atoms with Crippen LogP contribution in [0, 0.1) is 6.92 Å². The predicted octanol–water partition coefficient (Wildman–Crippen LogP) is 4.54. The van der Waals surface area contributed by atoms with Crippen LogP contribution in [-0.4, -0.2) is 39.3 Å². The van der Waals surface area contributed by atoms with Crippen LogP contribution in [0.4, 0.5) is 17.3 Å². The van der Waals surface area contributed by atoms with Crippen LogP contribution >= 0.6 is 0 Å². The number of aromatic nitrogens is 2. The van der Waals surface area contributed by atoms with Crippen molar-refractivity contribution in [1.82, 2.24) is 9.97 Å². The standard InChI is InChI=1S/C28H29N5O5S2/c1-20(2)22-7-11-24(12-8-22)33(40(37,38)26-13-5-21(3)6-14-26)19-27(34)31-23-9-15-25(16-10-23)39(35,36)32-28-29-17-4-18-30-28/h4-18,20H,19H2,1-3H3,(H,31,34)(H,29,30,32). The van der Waals surface area contributed by atoms with E-state index in [4.69, 9.17) is 0 Å². The molecule has 0 atom stereocenters. The molecule has 1 aromatic heterocycles. The number of carbonyl (C=O) groups is 1. The van der Waals surface area contributed by atoms with E-state index < -0.39 is 32.5 Å². The molecule has 40 heavy (non-hydrogen) atoms. The van der Waals surface area contributed by atoms with E-state index in [-0.39, 0.29) is 21.7 Å². The lowest BCUT2D eigenvalue weighted by Crippen LogP contribution is -2.38. The fraction of sp³-hybridized carbons (Fsp3) is 0.179. The molecule has 0 aliphatic carbocycles. The molecule has 1 amide bonds. The van der Waals surface area contributed by atoms with Crippen molar-refractivity contribution < 1.29 is 21.6 Å². The zero-order valence-corrected chi connectivity index (χ0v) is 23.8. The maximum Gasteiger partial charge on any atom is 0.264 e. The predicted molar refractivity (Wildman–Crippen MR) is 154 cm³/mol. The second kappa shape index (κ2) is 11.8. The Kier molecular flexibility index (Phi) is 8.50. The topological polar surface area (TPSA) is 138 Å². The number of hydrogen-bond donors (Lipinski definition) is 2. The van der Waals surface area contributed by atoms with Crippen molar-refractivity contribution in [3.63, 3.8) is 0 Å². The summed E-state index contributed by atoms with van der Waals surface area (Å²) in [6, 6.07) is 20.4. The van der Waals surface area contributed by atoms with Gasteiger partial charge in [0.25, 0.3) is 20.0 Å². The van der Waals surface area contributed by atoms with Crippen LogP contribution in [-0.2, 0) is 24.8 Å². The zero-order valence-electron chi connectivity index (χ0n) is 22.1. The minimum atomic E-state index is -4.07. The van der Waals surface area contributed by atoms with Gasteiger partial charge >= 0.3 is 0 Å². The normalized spacial score (nSPS) is 11.7. The summed E-state index contributed by atoms with van der Waals surface area (Å²) in [4.78, 5) is 20.7. The Bertz CT molecular complexity index is 1680. The summed E-state index contributed by atoms with van der Waals surface area (Å²) in [5, 5.41) is 2.65. The largest absolute Gasteiger partial charge is 0.325 e. The molecule has 12 heteroatoms. The van der Waals surface area contributed by atoms with Crippen molar-refractivity contribution in [2.45, 2.75) is 36.5 Å². The van der Waals surface area contributed by atoms with Crippen LogP contribution in [0.3, 0.4) is 0 Å². The van der Waals surface area contributed by atoms with Gasteiger partial charge in [-0.05, 0) is 73.0 Å². The highest BCUT2D eigenvalue weighted by atomic mass is 32.2. The summed E-state index contributed by atoms with van der Waals surface area (Å²) < 4.78 is 55.8. The van der Waals surface area contributed by atoms with E-state index in [1.54, 1.807) is 30.3 Å². The van der Waals surface area contributed by atoms with Crippen LogP contribution in [0.25, 0.3) is 0 Å². The molecule has 4 aromatic rings. The van der Waals surface area contributed by atoms with Gasteiger partial charge in [0, 0.05) is 18.1 Å². The summed E-state index contributed by atoms with van der Waals surface area (Å²) in [5.74, 6) is -0.423. The zero-order chi connectivity index (χ0) is 28.9. The quantitative estimate of drug-likeness (QED) is 0.281. The maximum atomic E-state index is 13.6. The van der Waals surface area contributed by atoms with E-state index in [0.29, 0.717) is 11.4 Å². The first-order valence-corrected chi connectivity index (χ1v) is 15.3. The van der Waals surface area contributed by atoms with Crippen molar-refractivity contribution in [3.05, 3.63) is 102 Å². The number of rotatable bonds is 10. The Balaban J connectivity index is 1.55. The lowest BCUT2D eigenvalue weighted by molar-refractivity contribution is -0.114. The lowest BCUT2D eigenvalue weighted by Gasteiger charge is -2.24. The molecule has 0 saturated heterocycles. The van der Waals surface area contributed by atoms with Crippen molar-refractivity contribution in [2.24, 2.45) is 0 Å². The Morgan fingerprint density at radius 1 is 0.825 bits per heavy atom. The first-order chi connectivity index (χ1) is 19.0. The molecule has 0 fully saturated rings. The molecule has 2 N–H and O–H groups in total. The van der Waals surface area contributed by atoms with Gasteiger partial charge < -0.3 is 5.32 Å². The van der Waals surface area contributed by atoms with E-state index in [2.05, 4.69) is 20.0 Å². The summed E-state index contributed by atoms with van der Waals surface area (Å²) in [6.45, 7) is 5.43. The number of aryl methyl sites for hydroxylation is 1. The lowest BCUT2D eigenvalue weighted by atomic mass is 10.0. The Morgan fingerprint density at radius 3 is 1.98 bits per heavy atom. The first kappa shape index (κ1) is 28.7. The van der Waals surface area contributed by atoms with Gasteiger partial charge in [-0.2, -0.15) is 0 Å². The molecular weight excluding hydrogens is 550 g/mol. The van der Waals surface area contributed by atoms with Crippen LogP contribution in [0.2, 0.25) is 0 Å². The Hall–Kier alpha value is -4.29. The van der Waals surface area contributed by atoms with Gasteiger partial charge in [0.1, 0.15) is 6.54 Å². The smallest absolute Gasteiger partial charge is 0.264 e. The summed E-state index contributed by atoms with van der Waals surface area (Å²) in [6.07, 6.45) is 2.81. The van der Waals surface area contributed by atoms with Gasteiger partial charge in [-0.3, -0.25) is 9.10 Å². The number of anilines is 3. The number of carbonyl (C=O) groups excluding carboxylic acids is 1. The monoisotopic (exact) mass is 579 g/mol. The Labute approximate surface area is 234 Å². The third-order valence-corrected chi connectivity index (χ3v) is 9.12. The van der Waals surface area contributed by atoms with Gasteiger partial charge in [-0.15, -0.1) is 0 Å². The molecule has 0 aliphatic heterocycles. The van der Waals surface area contributed by atoms with Gasteiger partial charge in [0.15, 0.2) is 0 Å². The molecule has 3 aromatic carbocycles. The van der Waals surface area contributed by atoms with Crippen LogP contribution in [0.15, 0.2) is 101 Å². The summed E-state index contributed by atoms with van der Waals surface area (Å²) in [5.41, 5.74) is 2.57. The fourth-order valence-corrected chi connectivity index (χ4v) is 6.14. The maximum absolute atomic E-state index is 13.6. The molecule has 0 radical (unpaired) electrons. The van der Waals surface area contributed by atoms with E-state index in [1.165, 1.54) is 48.8 Å². The van der Waals surface area contributed by atoms with E-state index >= 15 is 0 Å². The highest BCUT2D eigenvalue weighted by Gasteiger charge is 2.27. The SMILES string of the molecule is Cc1ccc(S(=O)(=O)N(CC(=O)Nc2ccc(S(=O)(=O)Nc3ncccn3)cc2)c2ccc(C(C)C)cc2)cc1. The fourth-order valence-electron chi connectivity index (χ4n) is 3.76. The second-order valence-electron chi connectivity index (χ2n) is 9.32. The van der Waals surface area contributed by atoms with Crippen molar-refractivity contribution in [1.29, 1.82) is 0 Å². The highest BCUT2D eigenvalue weighted by Crippen LogP contribution is 2.26. The van der Waals surface area contributed by atoms with E-state index in [1.807, 2.05) is 32.9 Å². The average molecular weight is 580 g/mol. The first-order valence-electron chi connectivity index (χ1n) is 12.3. The molecular formula is C28H29N5O5S2. The third kappa shape index (κ3) is 6.82.